The highest BCUT2D eigenvalue weighted by atomic mass is 16.5. The zero-order valence-electron chi connectivity index (χ0n) is 9.46. The first-order chi connectivity index (χ1) is 6.77. The second-order valence-electron chi connectivity index (χ2n) is 5.14. The molecule has 0 radical (unpaired) electrons. The van der Waals surface area contributed by atoms with E-state index in [9.17, 15) is 0 Å². The van der Waals surface area contributed by atoms with E-state index in [1.165, 1.54) is 25.7 Å². The third kappa shape index (κ3) is 2.71. The van der Waals surface area contributed by atoms with E-state index in [0.29, 0.717) is 12.1 Å². The first kappa shape index (κ1) is 10.4. The van der Waals surface area contributed by atoms with Gasteiger partial charge >= 0.3 is 0 Å². The Hall–Kier alpha value is -0.0800. The molecule has 2 fully saturated rings. The molecule has 2 unspecified atom stereocenters. The molecule has 14 heavy (non-hydrogen) atoms. The Bertz CT molecular complexity index is 177. The van der Waals surface area contributed by atoms with Gasteiger partial charge in [-0.3, -0.25) is 0 Å². The number of nitrogens with one attached hydrogen (secondary N) is 1. The molecule has 1 heterocycles. The van der Waals surface area contributed by atoms with Crippen molar-refractivity contribution in [1.29, 1.82) is 0 Å². The van der Waals surface area contributed by atoms with Gasteiger partial charge in [0.05, 0.1) is 6.10 Å². The van der Waals surface area contributed by atoms with Gasteiger partial charge in [0.15, 0.2) is 0 Å². The highest BCUT2D eigenvalue weighted by Crippen LogP contribution is 2.40. The van der Waals surface area contributed by atoms with Crippen LogP contribution in [0.25, 0.3) is 0 Å². The van der Waals surface area contributed by atoms with Gasteiger partial charge in [0.2, 0.25) is 0 Å². The second-order valence-corrected chi connectivity index (χ2v) is 5.14. The number of ether oxygens (including phenoxy) is 1. The minimum atomic E-state index is 0.579. The topological polar surface area (TPSA) is 21.3 Å². The van der Waals surface area contributed by atoms with Crippen LogP contribution in [0.3, 0.4) is 0 Å². The van der Waals surface area contributed by atoms with Crippen molar-refractivity contribution < 1.29 is 4.74 Å². The van der Waals surface area contributed by atoms with E-state index in [4.69, 9.17) is 4.74 Å². The van der Waals surface area contributed by atoms with E-state index in [1.807, 2.05) is 0 Å². The zero-order chi connectivity index (χ0) is 9.97. The maximum Gasteiger partial charge on any atom is 0.0643 e. The lowest BCUT2D eigenvalue weighted by atomic mass is 9.91. The summed E-state index contributed by atoms with van der Waals surface area (Å²) in [6.45, 7) is 6.59. The van der Waals surface area contributed by atoms with Crippen LogP contribution in [0.1, 0.15) is 39.5 Å². The van der Waals surface area contributed by atoms with Crippen molar-refractivity contribution in [2.75, 3.05) is 13.2 Å². The van der Waals surface area contributed by atoms with Crippen LogP contribution < -0.4 is 5.32 Å². The molecule has 2 atom stereocenters. The Balaban J connectivity index is 1.80. The Kier molecular flexibility index (Phi) is 3.45. The Labute approximate surface area is 87.4 Å². The van der Waals surface area contributed by atoms with Gasteiger partial charge in [0.1, 0.15) is 0 Å². The molecule has 82 valence electrons. The van der Waals surface area contributed by atoms with Crippen LogP contribution in [-0.4, -0.2) is 25.3 Å². The molecule has 0 bridgehead atoms. The molecule has 0 aromatic carbocycles. The molecule has 2 aliphatic rings. The predicted octanol–water partition coefficient (Wildman–Crippen LogP) is 2.19. The lowest BCUT2D eigenvalue weighted by Gasteiger charge is -2.32. The lowest BCUT2D eigenvalue weighted by molar-refractivity contribution is -0.0389. The van der Waals surface area contributed by atoms with Crippen LogP contribution in [0.5, 0.6) is 0 Å². The summed E-state index contributed by atoms with van der Waals surface area (Å²) >= 11 is 0. The van der Waals surface area contributed by atoms with E-state index >= 15 is 0 Å². The summed E-state index contributed by atoms with van der Waals surface area (Å²) in [7, 11) is 0. The number of hydrogen-bond acceptors (Lipinski definition) is 2. The molecule has 2 rings (SSSR count). The molecular weight excluding hydrogens is 174 g/mol. The van der Waals surface area contributed by atoms with Crippen molar-refractivity contribution in [3.63, 3.8) is 0 Å². The van der Waals surface area contributed by atoms with E-state index in [-0.39, 0.29) is 0 Å². The molecule has 2 nitrogen and oxygen atoms in total. The molecular formula is C12H23NO. The zero-order valence-corrected chi connectivity index (χ0v) is 9.46. The third-order valence-electron chi connectivity index (χ3n) is 3.37. The van der Waals surface area contributed by atoms with Gasteiger partial charge in [-0.1, -0.05) is 13.8 Å². The smallest absolute Gasteiger partial charge is 0.0643 e. The molecule has 1 aliphatic heterocycles. The van der Waals surface area contributed by atoms with Crippen molar-refractivity contribution in [3.05, 3.63) is 0 Å². The Morgan fingerprint density at radius 2 is 2.07 bits per heavy atom. The lowest BCUT2D eigenvalue weighted by Crippen LogP contribution is -2.40. The van der Waals surface area contributed by atoms with Crippen LogP contribution in [0.15, 0.2) is 0 Å². The van der Waals surface area contributed by atoms with Gasteiger partial charge in [-0.25, -0.2) is 0 Å². The molecule has 0 aromatic heterocycles. The van der Waals surface area contributed by atoms with Crippen LogP contribution in [0.2, 0.25) is 0 Å². The van der Waals surface area contributed by atoms with Crippen molar-refractivity contribution in [3.8, 4) is 0 Å². The Morgan fingerprint density at radius 3 is 2.71 bits per heavy atom. The average molecular weight is 197 g/mol. The fourth-order valence-corrected chi connectivity index (χ4v) is 2.42. The normalized spacial score (nSPS) is 33.6. The van der Waals surface area contributed by atoms with Gasteiger partial charge in [0.25, 0.3) is 0 Å². The molecule has 0 amide bonds. The van der Waals surface area contributed by atoms with Gasteiger partial charge in [0, 0.05) is 19.2 Å². The minimum Gasteiger partial charge on any atom is -0.378 e. The van der Waals surface area contributed by atoms with Crippen LogP contribution in [0, 0.1) is 11.8 Å². The van der Waals surface area contributed by atoms with Crippen molar-refractivity contribution in [1.82, 2.24) is 5.32 Å². The number of rotatable bonds is 4. The summed E-state index contributed by atoms with van der Waals surface area (Å²) in [4.78, 5) is 0. The highest BCUT2D eigenvalue weighted by molar-refractivity contribution is 4.89. The molecule has 1 aliphatic carbocycles. The molecule has 0 aromatic rings. The minimum absolute atomic E-state index is 0.579. The molecule has 2 heteroatoms. The summed E-state index contributed by atoms with van der Waals surface area (Å²) in [5.74, 6) is 1.67. The van der Waals surface area contributed by atoms with Crippen molar-refractivity contribution >= 4 is 0 Å². The van der Waals surface area contributed by atoms with E-state index in [1.54, 1.807) is 0 Å². The van der Waals surface area contributed by atoms with E-state index in [0.717, 1.165) is 25.0 Å². The molecule has 1 saturated carbocycles. The van der Waals surface area contributed by atoms with Crippen LogP contribution >= 0.6 is 0 Å². The summed E-state index contributed by atoms with van der Waals surface area (Å²) in [6, 6.07) is 0.608. The van der Waals surface area contributed by atoms with E-state index in [2.05, 4.69) is 19.2 Å². The average Bonchev–Trinajstić information content (AvgIpc) is 2.98. The highest BCUT2D eigenvalue weighted by Gasteiger charge is 2.38. The van der Waals surface area contributed by atoms with Gasteiger partial charge in [-0.2, -0.15) is 0 Å². The quantitative estimate of drug-likeness (QED) is 0.746. The Morgan fingerprint density at radius 1 is 1.29 bits per heavy atom. The van der Waals surface area contributed by atoms with Crippen LogP contribution in [-0.2, 0) is 4.74 Å². The first-order valence-electron chi connectivity index (χ1n) is 6.12. The standard InChI is InChI=1S/C12H23NO/c1-9(2)13-8-11-4-3-7-14-12(11)10-5-6-10/h9-13H,3-8H2,1-2H3. The molecule has 1 saturated heterocycles. The predicted molar refractivity (Wildman–Crippen MR) is 58.3 cm³/mol. The first-order valence-corrected chi connectivity index (χ1v) is 6.12. The summed E-state index contributed by atoms with van der Waals surface area (Å²) in [5, 5.41) is 3.55. The summed E-state index contributed by atoms with van der Waals surface area (Å²) < 4.78 is 5.91. The number of hydrogen-bond donors (Lipinski definition) is 1. The van der Waals surface area contributed by atoms with Crippen molar-refractivity contribution in [2.24, 2.45) is 11.8 Å². The van der Waals surface area contributed by atoms with Gasteiger partial charge < -0.3 is 10.1 Å². The van der Waals surface area contributed by atoms with Crippen molar-refractivity contribution in [2.45, 2.75) is 51.7 Å². The SMILES string of the molecule is CC(C)NCC1CCCOC1C1CC1. The fraction of sp³-hybridized carbons (Fsp3) is 1.00. The maximum atomic E-state index is 5.91. The van der Waals surface area contributed by atoms with E-state index < -0.39 is 0 Å². The van der Waals surface area contributed by atoms with Crippen LogP contribution in [0.4, 0.5) is 0 Å². The van der Waals surface area contributed by atoms with Gasteiger partial charge in [-0.15, -0.1) is 0 Å². The largest absolute Gasteiger partial charge is 0.378 e. The summed E-state index contributed by atoms with van der Waals surface area (Å²) in [6.07, 6.45) is 6.01. The molecule has 1 N–H and O–H groups in total. The van der Waals surface area contributed by atoms with Gasteiger partial charge in [-0.05, 0) is 37.5 Å². The summed E-state index contributed by atoms with van der Waals surface area (Å²) in [5.41, 5.74) is 0. The monoisotopic (exact) mass is 197 g/mol. The molecule has 0 spiro atoms. The maximum absolute atomic E-state index is 5.91. The fourth-order valence-electron chi connectivity index (χ4n) is 2.42. The third-order valence-corrected chi connectivity index (χ3v) is 3.37. The second kappa shape index (κ2) is 4.63.